The van der Waals surface area contributed by atoms with Crippen molar-refractivity contribution in [3.05, 3.63) is 70.0 Å². The third-order valence-electron chi connectivity index (χ3n) is 5.31. The van der Waals surface area contributed by atoms with E-state index < -0.39 is 5.97 Å². The molecule has 11 heteroatoms. The fourth-order valence-corrected chi connectivity index (χ4v) is 4.02. The highest BCUT2D eigenvalue weighted by molar-refractivity contribution is 6.30. The zero-order chi connectivity index (χ0) is 23.8. The maximum Gasteiger partial charge on any atom is 0.311 e. The van der Waals surface area contributed by atoms with E-state index in [-0.39, 0.29) is 13.0 Å². The lowest BCUT2D eigenvalue weighted by molar-refractivity contribution is -0.139. The first-order valence-corrected chi connectivity index (χ1v) is 11.0. The number of nitrogens with zero attached hydrogens (tertiary/aromatic N) is 6. The summed E-state index contributed by atoms with van der Waals surface area (Å²) in [5, 5.41) is 19.6. The standard InChI is InChI=1S/C23H18Cl2N6O3/c1-33-12-18-20(13-3-5-14(24)6-4-13)22-27-26-21-17(11-19(32)34-2)28-30(23(21)31(22)29-18)16-9-7-15(25)8-10-16/h3-10H,11-12H2,1-2H3. The summed E-state index contributed by atoms with van der Waals surface area (Å²) in [5.41, 5.74) is 4.94. The molecule has 0 amide bonds. The van der Waals surface area contributed by atoms with Gasteiger partial charge in [-0.3, -0.25) is 4.79 Å². The largest absolute Gasteiger partial charge is 0.469 e. The van der Waals surface area contributed by atoms with Crippen LogP contribution in [0.4, 0.5) is 0 Å². The van der Waals surface area contributed by atoms with E-state index >= 15 is 0 Å². The Hall–Kier alpha value is -3.53. The van der Waals surface area contributed by atoms with Crippen LogP contribution in [0.1, 0.15) is 11.4 Å². The maximum atomic E-state index is 12.0. The summed E-state index contributed by atoms with van der Waals surface area (Å²) < 4.78 is 13.6. The summed E-state index contributed by atoms with van der Waals surface area (Å²) in [5.74, 6) is -0.438. The van der Waals surface area contributed by atoms with Crippen molar-refractivity contribution >= 4 is 46.0 Å². The average molecular weight is 497 g/mol. The molecule has 5 rings (SSSR count). The van der Waals surface area contributed by atoms with Crippen molar-refractivity contribution in [1.82, 2.24) is 29.6 Å². The van der Waals surface area contributed by atoms with E-state index in [4.69, 9.17) is 37.8 Å². The second kappa shape index (κ2) is 9.02. The number of carbonyl (C=O) groups excluding carboxylic acids is 1. The number of rotatable bonds is 6. The first kappa shape index (κ1) is 22.3. The molecule has 3 heterocycles. The molecule has 5 aromatic rings. The summed E-state index contributed by atoms with van der Waals surface area (Å²) >= 11 is 12.2. The van der Waals surface area contributed by atoms with E-state index in [1.807, 2.05) is 24.3 Å². The first-order valence-electron chi connectivity index (χ1n) is 10.2. The molecular weight excluding hydrogens is 479 g/mol. The zero-order valence-electron chi connectivity index (χ0n) is 18.2. The Morgan fingerprint density at radius 2 is 1.59 bits per heavy atom. The van der Waals surface area contributed by atoms with E-state index in [2.05, 4.69) is 15.3 Å². The number of benzene rings is 2. The third kappa shape index (κ3) is 3.87. The van der Waals surface area contributed by atoms with Gasteiger partial charge in [-0.2, -0.15) is 14.7 Å². The van der Waals surface area contributed by atoms with E-state index in [0.29, 0.717) is 38.2 Å². The number of hydrogen-bond acceptors (Lipinski definition) is 7. The van der Waals surface area contributed by atoms with Gasteiger partial charge in [0.05, 0.1) is 37.1 Å². The van der Waals surface area contributed by atoms with Crippen LogP contribution in [0.3, 0.4) is 0 Å². The second-order valence-electron chi connectivity index (χ2n) is 7.46. The van der Waals surface area contributed by atoms with Gasteiger partial charge in [0, 0.05) is 17.2 Å². The molecule has 0 bridgehead atoms. The van der Waals surface area contributed by atoms with Crippen molar-refractivity contribution in [2.75, 3.05) is 14.2 Å². The van der Waals surface area contributed by atoms with Crippen LogP contribution < -0.4 is 0 Å². The molecule has 0 aliphatic carbocycles. The average Bonchev–Trinajstić information content (AvgIpc) is 3.38. The van der Waals surface area contributed by atoms with E-state index in [1.165, 1.54) is 7.11 Å². The molecule has 0 aliphatic heterocycles. The molecule has 0 fully saturated rings. The quantitative estimate of drug-likeness (QED) is 0.323. The van der Waals surface area contributed by atoms with Gasteiger partial charge in [-0.15, -0.1) is 10.2 Å². The monoisotopic (exact) mass is 496 g/mol. The van der Waals surface area contributed by atoms with Gasteiger partial charge in [0.15, 0.2) is 16.8 Å². The number of fused-ring (bicyclic) bond motifs is 3. The van der Waals surface area contributed by atoms with E-state index in [0.717, 1.165) is 16.8 Å². The fourth-order valence-electron chi connectivity index (χ4n) is 3.77. The van der Waals surface area contributed by atoms with Crippen molar-refractivity contribution in [1.29, 1.82) is 0 Å². The Labute approximate surface area is 203 Å². The lowest BCUT2D eigenvalue weighted by atomic mass is 10.1. The van der Waals surface area contributed by atoms with Gasteiger partial charge in [0.1, 0.15) is 5.69 Å². The SMILES string of the molecule is COCc1nn2c(nnc3c(CC(=O)OC)nn(-c4ccc(Cl)cc4)c32)c1-c1ccc(Cl)cc1. The Morgan fingerprint density at radius 3 is 2.24 bits per heavy atom. The Morgan fingerprint density at radius 1 is 0.912 bits per heavy atom. The van der Waals surface area contributed by atoms with Gasteiger partial charge in [0.2, 0.25) is 0 Å². The van der Waals surface area contributed by atoms with Gasteiger partial charge in [-0.25, -0.2) is 4.68 Å². The summed E-state index contributed by atoms with van der Waals surface area (Å²) in [4.78, 5) is 12.0. The number of ether oxygens (including phenoxy) is 2. The molecule has 34 heavy (non-hydrogen) atoms. The van der Waals surface area contributed by atoms with Gasteiger partial charge < -0.3 is 9.47 Å². The molecule has 0 saturated carbocycles. The molecule has 172 valence electrons. The van der Waals surface area contributed by atoms with E-state index in [9.17, 15) is 4.79 Å². The molecule has 0 radical (unpaired) electrons. The van der Waals surface area contributed by atoms with Gasteiger partial charge in [-0.05, 0) is 42.0 Å². The van der Waals surface area contributed by atoms with Crippen LogP contribution in [0.25, 0.3) is 33.6 Å². The smallest absolute Gasteiger partial charge is 0.311 e. The molecule has 0 N–H and O–H groups in total. The molecule has 9 nitrogen and oxygen atoms in total. The number of aromatic nitrogens is 6. The Balaban J connectivity index is 1.83. The fraction of sp³-hybridized carbons (Fsp3) is 0.174. The molecule has 0 unspecified atom stereocenters. The number of esters is 1. The first-order chi connectivity index (χ1) is 16.5. The van der Waals surface area contributed by atoms with Crippen LogP contribution in [0.15, 0.2) is 48.5 Å². The number of carbonyl (C=O) groups is 1. The number of halogens is 2. The summed E-state index contributed by atoms with van der Waals surface area (Å²) in [7, 11) is 2.93. The van der Waals surface area contributed by atoms with Gasteiger partial charge >= 0.3 is 5.97 Å². The van der Waals surface area contributed by atoms with Crippen LogP contribution in [-0.2, 0) is 27.3 Å². The topological polar surface area (TPSA) is 96.4 Å². The lowest BCUT2D eigenvalue weighted by Gasteiger charge is -2.05. The number of methoxy groups -OCH3 is 2. The molecule has 0 spiro atoms. The summed E-state index contributed by atoms with van der Waals surface area (Å²) in [6.45, 7) is 0.257. The van der Waals surface area contributed by atoms with Crippen molar-refractivity contribution in [2.24, 2.45) is 0 Å². The van der Waals surface area contributed by atoms with Crippen molar-refractivity contribution in [3.63, 3.8) is 0 Å². The summed E-state index contributed by atoms with van der Waals surface area (Å²) in [6, 6.07) is 14.5. The van der Waals surface area contributed by atoms with E-state index in [1.54, 1.807) is 40.6 Å². The summed E-state index contributed by atoms with van der Waals surface area (Å²) in [6.07, 6.45) is -0.0655. The molecule has 0 atom stereocenters. The van der Waals surface area contributed by atoms with Crippen LogP contribution in [0.2, 0.25) is 10.0 Å². The van der Waals surface area contributed by atoms with Crippen LogP contribution in [-0.4, -0.2) is 49.8 Å². The molecular formula is C23H18Cl2N6O3. The lowest BCUT2D eigenvalue weighted by Crippen LogP contribution is -2.06. The molecule has 0 aliphatic rings. The normalized spacial score (nSPS) is 11.4. The van der Waals surface area contributed by atoms with Crippen LogP contribution >= 0.6 is 23.2 Å². The highest BCUT2D eigenvalue weighted by atomic mass is 35.5. The molecule has 3 aromatic heterocycles. The highest BCUT2D eigenvalue weighted by Crippen LogP contribution is 2.31. The molecule has 0 saturated heterocycles. The predicted octanol–water partition coefficient (Wildman–Crippen LogP) is 4.30. The third-order valence-corrected chi connectivity index (χ3v) is 5.81. The van der Waals surface area contributed by atoms with Gasteiger partial charge in [-0.1, -0.05) is 35.3 Å². The van der Waals surface area contributed by atoms with Crippen LogP contribution in [0, 0.1) is 0 Å². The van der Waals surface area contributed by atoms with Crippen LogP contribution in [0.5, 0.6) is 0 Å². The highest BCUT2D eigenvalue weighted by Gasteiger charge is 2.24. The Kier molecular flexibility index (Phi) is 5.91. The van der Waals surface area contributed by atoms with Crippen molar-refractivity contribution in [2.45, 2.75) is 13.0 Å². The Bertz CT molecular complexity index is 1510. The minimum Gasteiger partial charge on any atom is -0.469 e. The number of hydrogen-bond donors (Lipinski definition) is 0. The maximum absolute atomic E-state index is 12.0. The van der Waals surface area contributed by atoms with Crippen molar-refractivity contribution in [3.8, 4) is 16.8 Å². The minimum absolute atomic E-state index is 0.0655. The van der Waals surface area contributed by atoms with Gasteiger partial charge in [0.25, 0.3) is 0 Å². The second-order valence-corrected chi connectivity index (χ2v) is 8.33. The minimum atomic E-state index is -0.438. The predicted molar refractivity (Wildman–Crippen MR) is 127 cm³/mol. The molecule has 2 aromatic carbocycles. The van der Waals surface area contributed by atoms with Crippen molar-refractivity contribution < 1.29 is 14.3 Å². The zero-order valence-corrected chi connectivity index (χ0v) is 19.7.